The molecule has 0 aliphatic carbocycles. The van der Waals surface area contributed by atoms with Crippen molar-refractivity contribution < 1.29 is 28.5 Å². The van der Waals surface area contributed by atoms with Gasteiger partial charge in [0.15, 0.2) is 0 Å². The number of imidazole rings is 1. The Labute approximate surface area is 113 Å². The molecule has 0 spiro atoms. The molecule has 0 atom stereocenters. The quantitative estimate of drug-likeness (QED) is 0.460. The molecule has 86 valence electrons. The van der Waals surface area contributed by atoms with Crippen LogP contribution in [-0.4, -0.2) is 23.6 Å². The Hall–Kier alpha value is -1.11. The van der Waals surface area contributed by atoms with Gasteiger partial charge in [-0.25, -0.2) is 9.55 Å². The van der Waals surface area contributed by atoms with E-state index < -0.39 is 0 Å². The highest BCUT2D eigenvalue weighted by Crippen LogP contribution is 2.13. The van der Waals surface area contributed by atoms with Crippen molar-refractivity contribution in [3.8, 4) is 5.82 Å². The fraction of sp³-hybridized carbons (Fsp3) is 0.273. The second-order valence-corrected chi connectivity index (χ2v) is 3.75. The van der Waals surface area contributed by atoms with Crippen molar-refractivity contribution >= 4 is 5.69 Å². The Balaban J connectivity index is 0.00000128. The number of hydrogen-bond donors (Lipinski definition) is 0. The highest BCUT2D eigenvalue weighted by Gasteiger charge is 2.06. The zero-order valence-electron chi connectivity index (χ0n) is 9.63. The van der Waals surface area contributed by atoms with E-state index >= 15 is 0 Å². The average molecular weight is 330 g/mol. The van der Waals surface area contributed by atoms with Crippen LogP contribution in [0.5, 0.6) is 0 Å². The first-order chi connectivity index (χ1) is 7.16. The minimum atomic E-state index is 0. The molecule has 0 saturated heterocycles. The lowest BCUT2D eigenvalue weighted by atomic mass is 10.3. The highest BCUT2D eigenvalue weighted by atomic mass is 127. The monoisotopic (exact) mass is 330 g/mol. The van der Waals surface area contributed by atoms with Crippen molar-refractivity contribution in [1.29, 1.82) is 0 Å². The van der Waals surface area contributed by atoms with Crippen molar-refractivity contribution in [2.24, 2.45) is 7.05 Å². The molecule has 0 aliphatic heterocycles. The maximum Gasteiger partial charge on any atom is 0.250 e. The van der Waals surface area contributed by atoms with E-state index in [4.69, 9.17) is 0 Å². The summed E-state index contributed by atoms with van der Waals surface area (Å²) in [5, 5.41) is 0. The van der Waals surface area contributed by atoms with Gasteiger partial charge >= 0.3 is 0 Å². The van der Waals surface area contributed by atoms with Crippen LogP contribution in [0.15, 0.2) is 37.1 Å². The molecule has 0 N–H and O–H groups in total. The molecule has 0 aromatic carbocycles. The van der Waals surface area contributed by atoms with E-state index in [9.17, 15) is 0 Å². The normalized spacial score (nSPS) is 9.69. The Morgan fingerprint density at radius 2 is 2.12 bits per heavy atom. The minimum absolute atomic E-state index is 0. The molecule has 5 heteroatoms. The Morgan fingerprint density at radius 3 is 2.69 bits per heavy atom. The van der Waals surface area contributed by atoms with Gasteiger partial charge in [0.05, 0.1) is 7.05 Å². The Bertz CT molecular complexity index is 465. The molecule has 0 saturated carbocycles. The minimum Gasteiger partial charge on any atom is -1.00 e. The summed E-state index contributed by atoms with van der Waals surface area (Å²) in [6, 6.07) is 4.05. The van der Waals surface area contributed by atoms with Gasteiger partial charge in [0, 0.05) is 32.0 Å². The molecule has 0 aliphatic rings. The second kappa shape index (κ2) is 5.29. The molecule has 2 rings (SSSR count). The summed E-state index contributed by atoms with van der Waals surface area (Å²) in [7, 11) is 6.04. The van der Waals surface area contributed by atoms with Gasteiger partial charge in [0.2, 0.25) is 12.1 Å². The lowest BCUT2D eigenvalue weighted by Crippen LogP contribution is -3.00. The van der Waals surface area contributed by atoms with Crippen LogP contribution in [0.3, 0.4) is 0 Å². The molecule has 0 radical (unpaired) electrons. The van der Waals surface area contributed by atoms with Crippen LogP contribution in [0.2, 0.25) is 0 Å². The van der Waals surface area contributed by atoms with Gasteiger partial charge in [-0.1, -0.05) is 0 Å². The van der Waals surface area contributed by atoms with Crippen molar-refractivity contribution in [3.63, 3.8) is 0 Å². The van der Waals surface area contributed by atoms with E-state index in [-0.39, 0.29) is 24.0 Å². The van der Waals surface area contributed by atoms with Gasteiger partial charge in [-0.2, -0.15) is 4.57 Å². The van der Waals surface area contributed by atoms with E-state index in [0.29, 0.717) is 0 Å². The maximum atomic E-state index is 4.33. The highest BCUT2D eigenvalue weighted by molar-refractivity contribution is 5.48. The number of rotatable bonds is 2. The maximum absolute atomic E-state index is 4.33. The second-order valence-electron chi connectivity index (χ2n) is 3.75. The zero-order chi connectivity index (χ0) is 10.8. The molecule has 2 aromatic rings. The zero-order valence-corrected chi connectivity index (χ0v) is 11.8. The van der Waals surface area contributed by atoms with E-state index in [0.717, 1.165) is 11.5 Å². The molecular weight excluding hydrogens is 315 g/mol. The number of nitrogens with zero attached hydrogens (tertiary/aromatic N) is 4. The van der Waals surface area contributed by atoms with Crippen LogP contribution in [0.4, 0.5) is 5.69 Å². The molecule has 0 unspecified atom stereocenters. The predicted octanol–water partition coefficient (Wildman–Crippen LogP) is -2.23. The molecule has 16 heavy (non-hydrogen) atoms. The van der Waals surface area contributed by atoms with Crippen LogP contribution in [0.25, 0.3) is 5.82 Å². The van der Waals surface area contributed by atoms with Gasteiger partial charge in [-0.15, -0.1) is 0 Å². The van der Waals surface area contributed by atoms with Gasteiger partial charge in [0.1, 0.15) is 12.4 Å². The topological polar surface area (TPSA) is 24.9 Å². The van der Waals surface area contributed by atoms with Crippen LogP contribution in [-0.2, 0) is 7.05 Å². The number of aromatic nitrogens is 3. The third kappa shape index (κ3) is 2.72. The Kier molecular flexibility index (Phi) is 4.28. The van der Waals surface area contributed by atoms with E-state index in [1.807, 2.05) is 61.3 Å². The summed E-state index contributed by atoms with van der Waals surface area (Å²) >= 11 is 0. The first-order valence-corrected chi connectivity index (χ1v) is 4.84. The molecule has 0 fully saturated rings. The number of halogens is 1. The largest absolute Gasteiger partial charge is 1.00 e. The van der Waals surface area contributed by atoms with Crippen molar-refractivity contribution in [1.82, 2.24) is 9.55 Å². The first-order valence-electron chi connectivity index (χ1n) is 4.84. The summed E-state index contributed by atoms with van der Waals surface area (Å²) in [4.78, 5) is 6.39. The van der Waals surface area contributed by atoms with Gasteiger partial charge in [-0.05, 0) is 6.07 Å². The third-order valence-electron chi connectivity index (χ3n) is 2.28. The molecule has 4 nitrogen and oxygen atoms in total. The summed E-state index contributed by atoms with van der Waals surface area (Å²) < 4.78 is 3.98. The average Bonchev–Trinajstić information content (AvgIpc) is 2.65. The van der Waals surface area contributed by atoms with Gasteiger partial charge in [0.25, 0.3) is 0 Å². The smallest absolute Gasteiger partial charge is 0.250 e. The summed E-state index contributed by atoms with van der Waals surface area (Å²) in [6.07, 6.45) is 7.79. The van der Waals surface area contributed by atoms with Crippen LogP contribution < -0.4 is 33.4 Å². The third-order valence-corrected chi connectivity index (χ3v) is 2.28. The van der Waals surface area contributed by atoms with Crippen molar-refractivity contribution in [3.05, 3.63) is 37.1 Å². The molecule has 2 aromatic heterocycles. The van der Waals surface area contributed by atoms with E-state index in [1.165, 1.54) is 0 Å². The fourth-order valence-corrected chi connectivity index (χ4v) is 1.41. The van der Waals surface area contributed by atoms with E-state index in [1.54, 1.807) is 0 Å². The fourth-order valence-electron chi connectivity index (χ4n) is 1.41. The molecular formula is C11H15IN4. The van der Waals surface area contributed by atoms with Crippen LogP contribution in [0.1, 0.15) is 0 Å². The summed E-state index contributed by atoms with van der Waals surface area (Å²) in [5.41, 5.74) is 1.15. The number of aryl methyl sites for hydroxylation is 1. The number of pyridine rings is 1. The lowest BCUT2D eigenvalue weighted by molar-refractivity contribution is -0.670. The van der Waals surface area contributed by atoms with Crippen molar-refractivity contribution in [2.75, 3.05) is 19.0 Å². The standard InChI is InChI=1S/C11H15N4.HI/c1-13(2)10-4-5-12-11(8-10)15-7-6-14(3)9-15;/h4-9H,1-3H3;1H/q+1;/p-1. The lowest BCUT2D eigenvalue weighted by Gasteiger charge is -2.11. The van der Waals surface area contributed by atoms with Crippen molar-refractivity contribution in [2.45, 2.75) is 0 Å². The number of anilines is 1. The summed E-state index contributed by atoms with van der Waals surface area (Å²) in [6.45, 7) is 0. The summed E-state index contributed by atoms with van der Waals surface area (Å²) in [5.74, 6) is 0.932. The first kappa shape index (κ1) is 13.0. The van der Waals surface area contributed by atoms with Gasteiger partial charge < -0.3 is 28.9 Å². The van der Waals surface area contributed by atoms with Crippen LogP contribution in [0, 0.1) is 0 Å². The molecule has 0 amide bonds. The number of hydrogen-bond acceptors (Lipinski definition) is 2. The molecule has 0 bridgehead atoms. The van der Waals surface area contributed by atoms with Crippen LogP contribution >= 0.6 is 0 Å². The molecule has 2 heterocycles. The predicted molar refractivity (Wildman–Crippen MR) is 59.1 cm³/mol. The van der Waals surface area contributed by atoms with E-state index in [2.05, 4.69) is 16.0 Å². The SMILES string of the molecule is CN(C)c1ccnc(-n2cc[n+](C)c2)c1.[I-]. The van der Waals surface area contributed by atoms with Gasteiger partial charge in [-0.3, -0.25) is 0 Å². The Morgan fingerprint density at radius 1 is 1.38 bits per heavy atom.